The Morgan fingerprint density at radius 2 is 2.11 bits per heavy atom. The van der Waals surface area contributed by atoms with E-state index in [1.165, 1.54) is 0 Å². The molecule has 1 heterocycles. The van der Waals surface area contributed by atoms with Crippen LogP contribution in [0.1, 0.15) is 30.2 Å². The summed E-state index contributed by atoms with van der Waals surface area (Å²) < 4.78 is 4.90. The van der Waals surface area contributed by atoms with Gasteiger partial charge in [-0.1, -0.05) is 34.4 Å². The number of aromatic nitrogens is 2. The van der Waals surface area contributed by atoms with Crippen molar-refractivity contribution in [1.82, 2.24) is 15.5 Å². The minimum absolute atomic E-state index is 0.124. The molecule has 0 aliphatic carbocycles. The molecule has 0 spiro atoms. The zero-order valence-electron chi connectivity index (χ0n) is 10.1. The molecule has 6 heteroatoms. The summed E-state index contributed by atoms with van der Waals surface area (Å²) in [5.41, 5.74) is 1.06. The quantitative estimate of drug-likeness (QED) is 0.934. The maximum absolute atomic E-state index is 5.98. The molecule has 0 saturated carbocycles. The molecule has 1 N–H and O–H groups in total. The molecule has 1 atom stereocenters. The molecule has 0 saturated heterocycles. The van der Waals surface area contributed by atoms with Crippen molar-refractivity contribution in [3.05, 3.63) is 45.5 Å². The monoisotopic (exact) mass is 285 g/mol. The van der Waals surface area contributed by atoms with E-state index in [9.17, 15) is 0 Å². The summed E-state index contributed by atoms with van der Waals surface area (Å²) in [6.45, 7) is 4.34. The zero-order chi connectivity index (χ0) is 13.1. The van der Waals surface area contributed by atoms with Gasteiger partial charge in [0.15, 0.2) is 5.82 Å². The lowest BCUT2D eigenvalue weighted by Crippen LogP contribution is -2.18. The van der Waals surface area contributed by atoms with Crippen LogP contribution >= 0.6 is 23.2 Å². The molecule has 1 aromatic carbocycles. The largest absolute Gasteiger partial charge is 0.340 e. The third-order valence-corrected chi connectivity index (χ3v) is 3.32. The lowest BCUT2D eigenvalue weighted by Gasteiger charge is -2.13. The van der Waals surface area contributed by atoms with Crippen LogP contribution in [0.5, 0.6) is 0 Å². The average Bonchev–Trinajstić information content (AvgIpc) is 2.75. The topological polar surface area (TPSA) is 51.0 Å². The fraction of sp³-hybridized carbons (Fsp3) is 0.333. The maximum atomic E-state index is 5.98. The van der Waals surface area contributed by atoms with E-state index in [2.05, 4.69) is 15.5 Å². The van der Waals surface area contributed by atoms with Gasteiger partial charge in [-0.2, -0.15) is 4.98 Å². The fourth-order valence-corrected chi connectivity index (χ4v) is 1.86. The standard InChI is InChI=1S/C12H13Cl2N3O/c1-7(9-3-4-10(13)11(14)5-9)15-6-12-16-8(2)18-17-12/h3-5,7,15H,6H2,1-2H3. The van der Waals surface area contributed by atoms with E-state index in [0.29, 0.717) is 28.3 Å². The number of halogens is 2. The van der Waals surface area contributed by atoms with Crippen molar-refractivity contribution in [3.63, 3.8) is 0 Å². The lowest BCUT2D eigenvalue weighted by molar-refractivity contribution is 0.384. The first kappa shape index (κ1) is 13.3. The summed E-state index contributed by atoms with van der Waals surface area (Å²) in [7, 11) is 0. The Bertz CT molecular complexity index is 542. The van der Waals surface area contributed by atoms with Gasteiger partial charge in [-0.3, -0.25) is 0 Å². The smallest absolute Gasteiger partial charge is 0.223 e. The van der Waals surface area contributed by atoms with Crippen LogP contribution in [-0.4, -0.2) is 10.1 Å². The Balaban J connectivity index is 1.99. The SMILES string of the molecule is Cc1nc(CNC(C)c2ccc(Cl)c(Cl)c2)no1. The molecule has 0 bridgehead atoms. The van der Waals surface area contributed by atoms with Gasteiger partial charge in [0.05, 0.1) is 16.6 Å². The predicted octanol–water partition coefficient (Wildman–Crippen LogP) is 3.54. The summed E-state index contributed by atoms with van der Waals surface area (Å²) in [5, 5.41) is 8.22. The van der Waals surface area contributed by atoms with E-state index in [4.69, 9.17) is 27.7 Å². The second-order valence-corrected chi connectivity index (χ2v) is 4.82. The molecule has 0 aliphatic rings. The number of hydrogen-bond donors (Lipinski definition) is 1. The highest BCUT2D eigenvalue weighted by molar-refractivity contribution is 6.42. The predicted molar refractivity (Wildman–Crippen MR) is 70.8 cm³/mol. The molecule has 0 fully saturated rings. The highest BCUT2D eigenvalue weighted by Crippen LogP contribution is 2.25. The number of nitrogens with zero attached hydrogens (tertiary/aromatic N) is 2. The first-order valence-electron chi connectivity index (χ1n) is 5.54. The van der Waals surface area contributed by atoms with E-state index in [1.54, 1.807) is 13.0 Å². The molecule has 2 aromatic rings. The van der Waals surface area contributed by atoms with Crippen LogP contribution in [0.4, 0.5) is 0 Å². The van der Waals surface area contributed by atoms with Gasteiger partial charge in [0.1, 0.15) is 0 Å². The lowest BCUT2D eigenvalue weighted by atomic mass is 10.1. The Kier molecular flexibility index (Phi) is 4.22. The molecule has 2 rings (SSSR count). The highest BCUT2D eigenvalue weighted by atomic mass is 35.5. The van der Waals surface area contributed by atoms with Crippen molar-refractivity contribution in [2.75, 3.05) is 0 Å². The van der Waals surface area contributed by atoms with E-state index in [0.717, 1.165) is 5.56 Å². The van der Waals surface area contributed by atoms with Gasteiger partial charge in [0.25, 0.3) is 0 Å². The minimum atomic E-state index is 0.124. The van der Waals surface area contributed by atoms with Crippen molar-refractivity contribution < 1.29 is 4.52 Å². The Morgan fingerprint density at radius 3 is 2.72 bits per heavy atom. The molecule has 96 valence electrons. The van der Waals surface area contributed by atoms with Gasteiger partial charge in [-0.25, -0.2) is 0 Å². The number of benzene rings is 1. The molecule has 4 nitrogen and oxygen atoms in total. The third kappa shape index (κ3) is 3.22. The second kappa shape index (κ2) is 5.69. The maximum Gasteiger partial charge on any atom is 0.223 e. The molecule has 18 heavy (non-hydrogen) atoms. The van der Waals surface area contributed by atoms with Crippen molar-refractivity contribution in [3.8, 4) is 0 Å². The van der Waals surface area contributed by atoms with Crippen LogP contribution in [0, 0.1) is 6.92 Å². The molecule has 1 aromatic heterocycles. The Hall–Kier alpha value is -1.10. The molecule has 0 amide bonds. The van der Waals surface area contributed by atoms with Crippen molar-refractivity contribution >= 4 is 23.2 Å². The first-order valence-corrected chi connectivity index (χ1v) is 6.29. The van der Waals surface area contributed by atoms with E-state index in [1.807, 2.05) is 19.1 Å². The number of rotatable bonds is 4. The highest BCUT2D eigenvalue weighted by Gasteiger charge is 2.09. The molecule has 0 radical (unpaired) electrons. The van der Waals surface area contributed by atoms with Crippen LogP contribution in [0.2, 0.25) is 10.0 Å². The summed E-state index contributed by atoms with van der Waals surface area (Å²) in [6, 6.07) is 5.70. The van der Waals surface area contributed by atoms with Gasteiger partial charge in [-0.05, 0) is 24.6 Å². The fourth-order valence-electron chi connectivity index (χ4n) is 1.56. The van der Waals surface area contributed by atoms with Gasteiger partial charge in [0.2, 0.25) is 5.89 Å². The van der Waals surface area contributed by atoms with Crippen molar-refractivity contribution in [2.45, 2.75) is 26.4 Å². The molecule has 1 unspecified atom stereocenters. The number of hydrogen-bond acceptors (Lipinski definition) is 4. The van der Waals surface area contributed by atoms with Gasteiger partial charge in [0, 0.05) is 13.0 Å². The summed E-state index contributed by atoms with van der Waals surface area (Å²) >= 11 is 11.9. The normalized spacial score (nSPS) is 12.7. The van der Waals surface area contributed by atoms with E-state index >= 15 is 0 Å². The molecule has 0 aliphatic heterocycles. The van der Waals surface area contributed by atoms with Crippen LogP contribution < -0.4 is 5.32 Å². The van der Waals surface area contributed by atoms with Gasteiger partial charge >= 0.3 is 0 Å². The van der Waals surface area contributed by atoms with Crippen LogP contribution in [0.25, 0.3) is 0 Å². The average molecular weight is 286 g/mol. The Labute approximate surface area is 115 Å². The van der Waals surface area contributed by atoms with E-state index in [-0.39, 0.29) is 6.04 Å². The second-order valence-electron chi connectivity index (χ2n) is 4.01. The molecular weight excluding hydrogens is 273 g/mol. The van der Waals surface area contributed by atoms with Crippen molar-refractivity contribution in [2.24, 2.45) is 0 Å². The number of aryl methyl sites for hydroxylation is 1. The van der Waals surface area contributed by atoms with Crippen molar-refractivity contribution in [1.29, 1.82) is 0 Å². The van der Waals surface area contributed by atoms with Crippen LogP contribution in [-0.2, 0) is 6.54 Å². The Morgan fingerprint density at radius 1 is 1.33 bits per heavy atom. The first-order chi connectivity index (χ1) is 8.56. The minimum Gasteiger partial charge on any atom is -0.340 e. The molecular formula is C12H13Cl2N3O. The zero-order valence-corrected chi connectivity index (χ0v) is 11.6. The third-order valence-electron chi connectivity index (χ3n) is 2.58. The summed E-state index contributed by atoms with van der Waals surface area (Å²) in [6.07, 6.45) is 0. The van der Waals surface area contributed by atoms with Gasteiger partial charge in [-0.15, -0.1) is 0 Å². The number of nitrogens with one attached hydrogen (secondary N) is 1. The van der Waals surface area contributed by atoms with Crippen LogP contribution in [0.3, 0.4) is 0 Å². The summed E-state index contributed by atoms with van der Waals surface area (Å²) in [5.74, 6) is 1.20. The van der Waals surface area contributed by atoms with Gasteiger partial charge < -0.3 is 9.84 Å². The van der Waals surface area contributed by atoms with E-state index < -0.39 is 0 Å². The summed E-state index contributed by atoms with van der Waals surface area (Å²) in [4.78, 5) is 4.12. The van der Waals surface area contributed by atoms with Crippen LogP contribution in [0.15, 0.2) is 22.7 Å².